The fraction of sp³-hybridized carbons (Fsp3) is 0.562. The minimum Gasteiger partial charge on any atom is -0.399 e. The van der Waals surface area contributed by atoms with Crippen LogP contribution >= 0.6 is 0 Å². The van der Waals surface area contributed by atoms with E-state index in [9.17, 15) is 4.79 Å². The van der Waals surface area contributed by atoms with Gasteiger partial charge in [0.2, 0.25) is 5.91 Å². The van der Waals surface area contributed by atoms with Gasteiger partial charge in [0.1, 0.15) is 0 Å². The van der Waals surface area contributed by atoms with Crippen LogP contribution in [0.1, 0.15) is 33.1 Å². The first-order chi connectivity index (χ1) is 9.56. The zero-order chi connectivity index (χ0) is 14.5. The fourth-order valence-electron chi connectivity index (χ4n) is 2.82. The summed E-state index contributed by atoms with van der Waals surface area (Å²) in [5, 5.41) is 2.90. The van der Waals surface area contributed by atoms with Crippen LogP contribution in [-0.2, 0) is 4.79 Å². The van der Waals surface area contributed by atoms with Gasteiger partial charge >= 0.3 is 0 Å². The van der Waals surface area contributed by atoms with Gasteiger partial charge in [0.15, 0.2) is 0 Å². The molecule has 1 aliphatic rings. The number of likely N-dealkylation sites (tertiary alicyclic amines) is 1. The fourth-order valence-corrected chi connectivity index (χ4v) is 2.82. The quantitative estimate of drug-likeness (QED) is 0.831. The van der Waals surface area contributed by atoms with Gasteiger partial charge in [-0.1, -0.05) is 13.0 Å². The van der Waals surface area contributed by atoms with Crippen LogP contribution in [0.2, 0.25) is 0 Å². The molecule has 1 heterocycles. The molecule has 2 atom stereocenters. The molecule has 2 rings (SSSR count). The van der Waals surface area contributed by atoms with Crippen molar-refractivity contribution in [3.63, 3.8) is 0 Å². The third-order valence-electron chi connectivity index (χ3n) is 4.30. The first-order valence-corrected chi connectivity index (χ1v) is 7.45. The molecule has 4 nitrogen and oxygen atoms in total. The highest BCUT2D eigenvalue weighted by atomic mass is 16.1. The third-order valence-corrected chi connectivity index (χ3v) is 4.30. The summed E-state index contributed by atoms with van der Waals surface area (Å²) in [6, 6.07) is 7.87. The molecule has 0 saturated carbocycles. The minimum atomic E-state index is 0.0565. The summed E-state index contributed by atoms with van der Waals surface area (Å²) in [5.41, 5.74) is 7.14. The average molecular weight is 275 g/mol. The number of amides is 1. The molecular weight excluding hydrogens is 250 g/mol. The average Bonchev–Trinajstić information content (AvgIpc) is 2.40. The van der Waals surface area contributed by atoms with Gasteiger partial charge in [-0.2, -0.15) is 0 Å². The molecule has 1 saturated heterocycles. The van der Waals surface area contributed by atoms with E-state index in [0.29, 0.717) is 18.2 Å². The summed E-state index contributed by atoms with van der Waals surface area (Å²) in [7, 11) is 0. The molecule has 110 valence electrons. The number of carbonyl (C=O) groups is 1. The second kappa shape index (κ2) is 6.75. The van der Waals surface area contributed by atoms with Crippen molar-refractivity contribution in [1.82, 2.24) is 4.90 Å². The normalized spacial score (nSPS) is 23.5. The maximum Gasteiger partial charge on any atom is 0.225 e. The van der Waals surface area contributed by atoms with Crippen LogP contribution in [0, 0.1) is 5.92 Å². The van der Waals surface area contributed by atoms with E-state index in [-0.39, 0.29) is 5.91 Å². The van der Waals surface area contributed by atoms with Crippen LogP contribution in [-0.4, -0.2) is 29.9 Å². The first kappa shape index (κ1) is 14.9. The predicted molar refractivity (Wildman–Crippen MR) is 83.5 cm³/mol. The lowest BCUT2D eigenvalue weighted by molar-refractivity contribution is -0.116. The molecule has 1 aliphatic heterocycles. The number of nitrogens with one attached hydrogen (secondary N) is 1. The second-order valence-corrected chi connectivity index (χ2v) is 5.82. The van der Waals surface area contributed by atoms with E-state index in [1.54, 1.807) is 6.07 Å². The Bertz CT molecular complexity index is 461. The molecule has 1 aromatic rings. The highest BCUT2D eigenvalue weighted by molar-refractivity contribution is 5.91. The summed E-state index contributed by atoms with van der Waals surface area (Å²) in [5.74, 6) is 0.779. The van der Waals surface area contributed by atoms with Gasteiger partial charge in [-0.3, -0.25) is 9.69 Å². The van der Waals surface area contributed by atoms with Crippen LogP contribution in [0.3, 0.4) is 0 Å². The summed E-state index contributed by atoms with van der Waals surface area (Å²) < 4.78 is 0. The van der Waals surface area contributed by atoms with Crippen LogP contribution in [0.5, 0.6) is 0 Å². The minimum absolute atomic E-state index is 0.0565. The van der Waals surface area contributed by atoms with Crippen molar-refractivity contribution in [3.05, 3.63) is 24.3 Å². The van der Waals surface area contributed by atoms with Gasteiger partial charge in [0.05, 0.1) is 0 Å². The maximum atomic E-state index is 12.0. The number of anilines is 2. The Hall–Kier alpha value is -1.55. The number of rotatable bonds is 4. The molecule has 0 aliphatic carbocycles. The molecule has 0 bridgehead atoms. The molecule has 3 N–H and O–H groups in total. The number of benzene rings is 1. The van der Waals surface area contributed by atoms with E-state index >= 15 is 0 Å². The van der Waals surface area contributed by atoms with Crippen molar-refractivity contribution in [2.45, 2.75) is 39.2 Å². The zero-order valence-corrected chi connectivity index (χ0v) is 12.4. The molecule has 0 aromatic heterocycles. The van der Waals surface area contributed by atoms with E-state index in [1.165, 1.54) is 12.8 Å². The molecule has 20 heavy (non-hydrogen) atoms. The molecule has 1 fully saturated rings. The van der Waals surface area contributed by atoms with Crippen LogP contribution in [0.15, 0.2) is 24.3 Å². The van der Waals surface area contributed by atoms with Gasteiger partial charge in [-0.05, 0) is 50.4 Å². The lowest BCUT2D eigenvalue weighted by Crippen LogP contribution is -2.43. The smallest absolute Gasteiger partial charge is 0.225 e. The van der Waals surface area contributed by atoms with Crippen LogP contribution in [0.4, 0.5) is 11.4 Å². The number of hydrogen-bond donors (Lipinski definition) is 2. The largest absolute Gasteiger partial charge is 0.399 e. The van der Waals surface area contributed by atoms with Crippen molar-refractivity contribution in [1.29, 1.82) is 0 Å². The third kappa shape index (κ3) is 3.97. The number of nitrogens with zero attached hydrogens (tertiary/aromatic N) is 1. The van der Waals surface area contributed by atoms with Crippen molar-refractivity contribution in [2.75, 3.05) is 24.1 Å². The maximum absolute atomic E-state index is 12.0. The molecular formula is C16H25N3O. The van der Waals surface area contributed by atoms with Crippen molar-refractivity contribution in [2.24, 2.45) is 5.92 Å². The summed E-state index contributed by atoms with van der Waals surface area (Å²) in [4.78, 5) is 14.4. The number of nitrogens with two attached hydrogens (primary N) is 1. The highest BCUT2D eigenvalue weighted by Gasteiger charge is 2.24. The number of carbonyl (C=O) groups excluding carboxylic acids is 1. The Labute approximate surface area is 121 Å². The Morgan fingerprint density at radius 3 is 3.00 bits per heavy atom. The standard InChI is InChI=1S/C16H25N3O/c1-12-5-4-9-19(13(12)2)10-8-16(20)18-15-7-3-6-14(17)11-15/h3,6-7,11-13H,4-5,8-10,17H2,1-2H3,(H,18,20). The SMILES string of the molecule is CC1CCCN(CCC(=O)Nc2cccc(N)c2)C1C. The van der Waals surface area contributed by atoms with E-state index < -0.39 is 0 Å². The Morgan fingerprint density at radius 2 is 2.25 bits per heavy atom. The second-order valence-electron chi connectivity index (χ2n) is 5.82. The van der Waals surface area contributed by atoms with Crippen molar-refractivity contribution >= 4 is 17.3 Å². The number of hydrogen-bond acceptors (Lipinski definition) is 3. The lowest BCUT2D eigenvalue weighted by Gasteiger charge is -2.37. The highest BCUT2D eigenvalue weighted by Crippen LogP contribution is 2.22. The zero-order valence-electron chi connectivity index (χ0n) is 12.4. The topological polar surface area (TPSA) is 58.4 Å². The van der Waals surface area contributed by atoms with Crippen molar-refractivity contribution in [3.8, 4) is 0 Å². The molecule has 0 spiro atoms. The Morgan fingerprint density at radius 1 is 1.45 bits per heavy atom. The first-order valence-electron chi connectivity index (χ1n) is 7.45. The van der Waals surface area contributed by atoms with E-state index in [2.05, 4.69) is 24.1 Å². The van der Waals surface area contributed by atoms with E-state index in [0.717, 1.165) is 24.7 Å². The lowest BCUT2D eigenvalue weighted by atomic mass is 9.92. The van der Waals surface area contributed by atoms with Crippen LogP contribution in [0.25, 0.3) is 0 Å². The molecule has 1 amide bonds. The Kier molecular flexibility index (Phi) is 5.01. The van der Waals surface area contributed by atoms with E-state index in [1.807, 2.05) is 18.2 Å². The van der Waals surface area contributed by atoms with Gasteiger partial charge in [0, 0.05) is 30.4 Å². The Balaban J connectivity index is 1.80. The molecule has 4 heteroatoms. The summed E-state index contributed by atoms with van der Waals surface area (Å²) >= 11 is 0. The predicted octanol–water partition coefficient (Wildman–Crippen LogP) is 2.72. The summed E-state index contributed by atoms with van der Waals surface area (Å²) in [6.45, 7) is 6.50. The number of piperidine rings is 1. The van der Waals surface area contributed by atoms with Crippen molar-refractivity contribution < 1.29 is 4.79 Å². The van der Waals surface area contributed by atoms with Gasteiger partial charge in [-0.15, -0.1) is 0 Å². The molecule has 2 unspecified atom stereocenters. The van der Waals surface area contributed by atoms with Gasteiger partial charge in [0.25, 0.3) is 0 Å². The van der Waals surface area contributed by atoms with Gasteiger partial charge in [-0.25, -0.2) is 0 Å². The monoisotopic (exact) mass is 275 g/mol. The molecule has 0 radical (unpaired) electrons. The summed E-state index contributed by atoms with van der Waals surface area (Å²) in [6.07, 6.45) is 3.07. The molecule has 1 aromatic carbocycles. The van der Waals surface area contributed by atoms with Gasteiger partial charge < -0.3 is 11.1 Å². The van der Waals surface area contributed by atoms with E-state index in [4.69, 9.17) is 5.73 Å². The number of nitrogen functional groups attached to an aromatic ring is 1. The van der Waals surface area contributed by atoms with Crippen LogP contribution < -0.4 is 11.1 Å².